The summed E-state index contributed by atoms with van der Waals surface area (Å²) in [4.78, 5) is 19.6. The summed E-state index contributed by atoms with van der Waals surface area (Å²) in [5, 5.41) is 5.82. The Morgan fingerprint density at radius 2 is 1.86 bits per heavy atom. The normalized spacial score (nSPS) is 10.2. The summed E-state index contributed by atoms with van der Waals surface area (Å²) >= 11 is 0. The van der Waals surface area contributed by atoms with Crippen LogP contribution >= 0.6 is 0 Å². The molecule has 2 N–H and O–H groups in total. The molecule has 6 nitrogen and oxygen atoms in total. The maximum absolute atomic E-state index is 11.0. The molecule has 1 aromatic carbocycles. The van der Waals surface area contributed by atoms with Gasteiger partial charge in [0.1, 0.15) is 5.69 Å². The first-order valence-corrected chi connectivity index (χ1v) is 6.72. The molecule has 2 heterocycles. The van der Waals surface area contributed by atoms with E-state index in [1.807, 2.05) is 24.3 Å². The summed E-state index contributed by atoms with van der Waals surface area (Å²) in [6, 6.07) is 12.7. The number of nitrogens with one attached hydrogen (secondary N) is 2. The maximum atomic E-state index is 11.0. The number of furan rings is 1. The van der Waals surface area contributed by atoms with Crippen LogP contribution in [0, 0.1) is 0 Å². The fourth-order valence-corrected chi connectivity index (χ4v) is 1.95. The van der Waals surface area contributed by atoms with Crippen LogP contribution < -0.4 is 10.6 Å². The molecule has 6 heteroatoms. The summed E-state index contributed by atoms with van der Waals surface area (Å²) in [7, 11) is 0. The molecule has 0 bridgehead atoms. The molecule has 0 fully saturated rings. The number of aromatic nitrogens is 2. The van der Waals surface area contributed by atoms with Crippen LogP contribution in [0.25, 0.3) is 11.5 Å². The van der Waals surface area contributed by atoms with Gasteiger partial charge in [-0.1, -0.05) is 0 Å². The third kappa shape index (κ3) is 3.29. The second-order valence-electron chi connectivity index (χ2n) is 4.63. The van der Waals surface area contributed by atoms with Gasteiger partial charge in [0.2, 0.25) is 11.9 Å². The monoisotopic (exact) mass is 294 g/mol. The number of carbonyl (C=O) groups excluding carboxylic acids is 1. The Kier molecular flexibility index (Phi) is 3.82. The molecule has 0 atom stereocenters. The lowest BCUT2D eigenvalue weighted by molar-refractivity contribution is -0.114. The van der Waals surface area contributed by atoms with Crippen molar-refractivity contribution in [2.24, 2.45) is 0 Å². The molecule has 22 heavy (non-hydrogen) atoms. The second kappa shape index (κ2) is 6.09. The smallest absolute Gasteiger partial charge is 0.227 e. The molecule has 0 aliphatic carbocycles. The van der Waals surface area contributed by atoms with Crippen LogP contribution in [-0.2, 0) is 4.79 Å². The van der Waals surface area contributed by atoms with Crippen molar-refractivity contribution in [3.05, 3.63) is 54.9 Å². The highest BCUT2D eigenvalue weighted by Gasteiger charge is 2.05. The average Bonchev–Trinajstić information content (AvgIpc) is 3.03. The Morgan fingerprint density at radius 1 is 1.09 bits per heavy atom. The molecule has 0 unspecified atom stereocenters. The highest BCUT2D eigenvalue weighted by atomic mass is 16.3. The molecule has 0 aliphatic rings. The van der Waals surface area contributed by atoms with Crippen LogP contribution in [0.1, 0.15) is 6.92 Å². The minimum Gasteiger partial charge on any atom is -0.463 e. The van der Waals surface area contributed by atoms with Gasteiger partial charge in [0.15, 0.2) is 5.76 Å². The molecule has 0 saturated carbocycles. The Labute approximate surface area is 127 Å². The van der Waals surface area contributed by atoms with Crippen LogP contribution in [0.2, 0.25) is 0 Å². The van der Waals surface area contributed by atoms with Gasteiger partial charge >= 0.3 is 0 Å². The zero-order valence-corrected chi connectivity index (χ0v) is 11.9. The molecule has 0 radical (unpaired) electrons. The van der Waals surface area contributed by atoms with Crippen LogP contribution in [0.4, 0.5) is 17.3 Å². The lowest BCUT2D eigenvalue weighted by atomic mass is 10.3. The van der Waals surface area contributed by atoms with Crippen molar-refractivity contribution in [2.75, 3.05) is 10.6 Å². The first-order chi connectivity index (χ1) is 10.7. The van der Waals surface area contributed by atoms with E-state index in [1.165, 1.54) is 6.92 Å². The molecule has 3 rings (SSSR count). The molecule has 3 aromatic rings. The third-order valence-electron chi connectivity index (χ3n) is 2.89. The van der Waals surface area contributed by atoms with E-state index < -0.39 is 0 Å². The standard InChI is InChI=1S/C16H14N4O2/c1-11(21)18-12-4-6-13(7-5-12)19-16-17-9-8-14(20-16)15-3-2-10-22-15/h2-10H,1H3,(H,18,21)(H,17,19,20). The van der Waals surface area contributed by atoms with Crippen molar-refractivity contribution in [2.45, 2.75) is 6.92 Å². The van der Waals surface area contributed by atoms with E-state index in [0.29, 0.717) is 17.4 Å². The molecule has 0 aliphatic heterocycles. The van der Waals surface area contributed by atoms with E-state index in [1.54, 1.807) is 30.7 Å². The number of anilines is 3. The van der Waals surface area contributed by atoms with E-state index in [4.69, 9.17) is 4.42 Å². The fraction of sp³-hybridized carbons (Fsp3) is 0.0625. The third-order valence-corrected chi connectivity index (χ3v) is 2.89. The summed E-state index contributed by atoms with van der Waals surface area (Å²) in [6.07, 6.45) is 3.27. The molecule has 110 valence electrons. The van der Waals surface area contributed by atoms with Crippen LogP contribution in [-0.4, -0.2) is 15.9 Å². The van der Waals surface area contributed by atoms with Gasteiger partial charge in [-0.25, -0.2) is 9.97 Å². The second-order valence-corrected chi connectivity index (χ2v) is 4.63. The van der Waals surface area contributed by atoms with Crippen LogP contribution in [0.5, 0.6) is 0 Å². The first kappa shape index (κ1) is 13.8. The van der Waals surface area contributed by atoms with Crippen molar-refractivity contribution in [1.29, 1.82) is 0 Å². The molecular weight excluding hydrogens is 280 g/mol. The number of benzene rings is 1. The lowest BCUT2D eigenvalue weighted by Gasteiger charge is -2.07. The highest BCUT2D eigenvalue weighted by molar-refractivity contribution is 5.88. The Hall–Kier alpha value is -3.15. The van der Waals surface area contributed by atoms with Gasteiger partial charge in [-0.3, -0.25) is 4.79 Å². The lowest BCUT2D eigenvalue weighted by Crippen LogP contribution is -2.05. The van der Waals surface area contributed by atoms with Gasteiger partial charge in [0, 0.05) is 24.5 Å². The van der Waals surface area contributed by atoms with Crippen molar-refractivity contribution < 1.29 is 9.21 Å². The summed E-state index contributed by atoms with van der Waals surface area (Å²) in [6.45, 7) is 1.47. The number of amides is 1. The minimum absolute atomic E-state index is 0.102. The SMILES string of the molecule is CC(=O)Nc1ccc(Nc2nccc(-c3ccco3)n2)cc1. The number of hydrogen-bond acceptors (Lipinski definition) is 5. The van der Waals surface area contributed by atoms with Gasteiger partial charge in [0.25, 0.3) is 0 Å². The van der Waals surface area contributed by atoms with E-state index in [0.717, 1.165) is 11.4 Å². The quantitative estimate of drug-likeness (QED) is 0.770. The molecule has 0 saturated heterocycles. The molecule has 0 spiro atoms. The molecule has 2 aromatic heterocycles. The zero-order valence-electron chi connectivity index (χ0n) is 11.9. The topological polar surface area (TPSA) is 80.0 Å². The number of hydrogen-bond donors (Lipinski definition) is 2. The van der Waals surface area contributed by atoms with Crippen molar-refractivity contribution in [3.63, 3.8) is 0 Å². The first-order valence-electron chi connectivity index (χ1n) is 6.72. The number of rotatable bonds is 4. The average molecular weight is 294 g/mol. The van der Waals surface area contributed by atoms with Gasteiger partial charge in [-0.15, -0.1) is 0 Å². The van der Waals surface area contributed by atoms with Gasteiger partial charge < -0.3 is 15.1 Å². The van der Waals surface area contributed by atoms with Gasteiger partial charge in [-0.05, 0) is 42.5 Å². The summed E-state index contributed by atoms with van der Waals surface area (Å²) in [5.41, 5.74) is 2.27. The summed E-state index contributed by atoms with van der Waals surface area (Å²) in [5.74, 6) is 1.06. The van der Waals surface area contributed by atoms with Crippen LogP contribution in [0.3, 0.4) is 0 Å². The molecule has 1 amide bonds. The van der Waals surface area contributed by atoms with E-state index >= 15 is 0 Å². The van der Waals surface area contributed by atoms with Gasteiger partial charge in [-0.2, -0.15) is 0 Å². The fourth-order valence-electron chi connectivity index (χ4n) is 1.95. The highest BCUT2D eigenvalue weighted by Crippen LogP contribution is 2.20. The zero-order chi connectivity index (χ0) is 15.4. The predicted octanol–water partition coefficient (Wildman–Crippen LogP) is 3.44. The Bertz CT molecular complexity index is 767. The predicted molar refractivity (Wildman–Crippen MR) is 83.8 cm³/mol. The van der Waals surface area contributed by atoms with E-state index in [-0.39, 0.29) is 5.91 Å². The Morgan fingerprint density at radius 3 is 2.55 bits per heavy atom. The van der Waals surface area contributed by atoms with Gasteiger partial charge in [0.05, 0.1) is 6.26 Å². The number of nitrogens with zero attached hydrogens (tertiary/aromatic N) is 2. The number of carbonyl (C=O) groups is 1. The summed E-state index contributed by atoms with van der Waals surface area (Å²) < 4.78 is 5.32. The van der Waals surface area contributed by atoms with E-state index in [2.05, 4.69) is 20.6 Å². The largest absolute Gasteiger partial charge is 0.463 e. The molecular formula is C16H14N4O2. The van der Waals surface area contributed by atoms with Crippen molar-refractivity contribution >= 4 is 23.2 Å². The van der Waals surface area contributed by atoms with Crippen molar-refractivity contribution in [1.82, 2.24) is 9.97 Å². The minimum atomic E-state index is -0.102. The Balaban J connectivity index is 1.76. The van der Waals surface area contributed by atoms with Crippen LogP contribution in [0.15, 0.2) is 59.3 Å². The maximum Gasteiger partial charge on any atom is 0.227 e. The van der Waals surface area contributed by atoms with E-state index in [9.17, 15) is 4.79 Å². The van der Waals surface area contributed by atoms with Crippen molar-refractivity contribution in [3.8, 4) is 11.5 Å².